The van der Waals surface area contributed by atoms with Crippen molar-refractivity contribution in [3.8, 4) is 11.6 Å². The zero-order valence-electron chi connectivity index (χ0n) is 17.5. The highest BCUT2D eigenvalue weighted by atomic mass is 16.5. The van der Waals surface area contributed by atoms with E-state index in [1.54, 1.807) is 54.7 Å². The molecule has 0 saturated carbocycles. The van der Waals surface area contributed by atoms with E-state index in [1.807, 2.05) is 24.3 Å². The molecule has 5 rings (SSSR count). The molecular weight excluding hydrogens is 418 g/mol. The Labute approximate surface area is 189 Å². The SMILES string of the molecule is O=C(Nc1nc2c(C(=O)CC3=NC=CC3)cccc2[nH]1)c1cccc(Oc2ccccc2)n1. The number of hydrogen-bond donors (Lipinski definition) is 2. The van der Waals surface area contributed by atoms with E-state index in [-0.39, 0.29) is 23.8 Å². The van der Waals surface area contributed by atoms with Crippen LogP contribution in [0.25, 0.3) is 11.0 Å². The average molecular weight is 437 g/mol. The third-order valence-corrected chi connectivity index (χ3v) is 5.05. The molecule has 162 valence electrons. The summed E-state index contributed by atoms with van der Waals surface area (Å²) in [6.07, 6.45) is 4.54. The van der Waals surface area contributed by atoms with Gasteiger partial charge in [-0.2, -0.15) is 0 Å². The second kappa shape index (κ2) is 8.88. The van der Waals surface area contributed by atoms with Crippen LogP contribution in [0, 0.1) is 0 Å². The second-order valence-electron chi connectivity index (χ2n) is 7.40. The molecule has 0 atom stereocenters. The summed E-state index contributed by atoms with van der Waals surface area (Å²) in [5, 5.41) is 2.71. The van der Waals surface area contributed by atoms with E-state index in [0.717, 1.165) is 5.71 Å². The predicted molar refractivity (Wildman–Crippen MR) is 125 cm³/mol. The van der Waals surface area contributed by atoms with Crippen LogP contribution in [0.2, 0.25) is 0 Å². The number of allylic oxidation sites excluding steroid dienone is 1. The van der Waals surface area contributed by atoms with Gasteiger partial charge in [-0.15, -0.1) is 0 Å². The lowest BCUT2D eigenvalue weighted by atomic mass is 10.0. The van der Waals surface area contributed by atoms with Crippen molar-refractivity contribution in [3.63, 3.8) is 0 Å². The van der Waals surface area contributed by atoms with Gasteiger partial charge in [0.05, 0.1) is 5.52 Å². The summed E-state index contributed by atoms with van der Waals surface area (Å²) in [6, 6.07) is 19.5. The Hall–Kier alpha value is -4.59. The van der Waals surface area contributed by atoms with Gasteiger partial charge in [0.25, 0.3) is 5.91 Å². The zero-order chi connectivity index (χ0) is 22.6. The maximum Gasteiger partial charge on any atom is 0.276 e. The van der Waals surface area contributed by atoms with Crippen LogP contribution in [0.1, 0.15) is 33.7 Å². The molecule has 0 unspecified atom stereocenters. The van der Waals surface area contributed by atoms with Gasteiger partial charge in [-0.05, 0) is 30.3 Å². The number of benzene rings is 2. The van der Waals surface area contributed by atoms with Gasteiger partial charge in [0, 0.05) is 36.4 Å². The second-order valence-corrected chi connectivity index (χ2v) is 7.40. The number of nitrogens with one attached hydrogen (secondary N) is 2. The number of imidazole rings is 1. The molecule has 8 heteroatoms. The monoisotopic (exact) mass is 437 g/mol. The lowest BCUT2D eigenvalue weighted by molar-refractivity contribution is 0.0998. The summed E-state index contributed by atoms with van der Waals surface area (Å²) < 4.78 is 5.70. The topological polar surface area (TPSA) is 109 Å². The Morgan fingerprint density at radius 1 is 0.970 bits per heavy atom. The quantitative estimate of drug-likeness (QED) is 0.398. The molecule has 8 nitrogen and oxygen atoms in total. The van der Waals surface area contributed by atoms with Gasteiger partial charge in [0.1, 0.15) is 17.0 Å². The average Bonchev–Trinajstić information content (AvgIpc) is 3.49. The number of pyridine rings is 1. The van der Waals surface area contributed by atoms with Crippen LogP contribution in [0.5, 0.6) is 11.6 Å². The minimum atomic E-state index is -0.452. The maximum atomic E-state index is 12.8. The normalized spacial score (nSPS) is 12.5. The highest BCUT2D eigenvalue weighted by Crippen LogP contribution is 2.22. The first-order valence-corrected chi connectivity index (χ1v) is 10.4. The van der Waals surface area contributed by atoms with E-state index in [1.165, 1.54) is 0 Å². The number of H-pyrrole nitrogens is 1. The smallest absolute Gasteiger partial charge is 0.276 e. The number of hydrogen-bond acceptors (Lipinski definition) is 6. The molecule has 0 radical (unpaired) electrons. The highest BCUT2D eigenvalue weighted by molar-refractivity contribution is 6.15. The fourth-order valence-corrected chi connectivity index (χ4v) is 3.49. The standard InChI is InChI=1S/C25H19N5O3/c31-21(15-16-7-6-14-26-16)18-10-4-11-19-23(18)29-25(28-19)30-24(32)20-12-5-13-22(27-20)33-17-8-2-1-3-9-17/h1-6,8-14H,7,15H2,(H2,28,29,30,32). The maximum absolute atomic E-state index is 12.8. The lowest BCUT2D eigenvalue weighted by Gasteiger charge is -2.06. The van der Waals surface area contributed by atoms with E-state index in [9.17, 15) is 9.59 Å². The minimum Gasteiger partial charge on any atom is -0.439 e. The molecule has 1 amide bonds. The number of aliphatic imine (C=N–C) groups is 1. The van der Waals surface area contributed by atoms with Crippen molar-refractivity contribution in [2.24, 2.45) is 4.99 Å². The van der Waals surface area contributed by atoms with Crippen LogP contribution in [-0.2, 0) is 0 Å². The Bertz CT molecular complexity index is 1410. The van der Waals surface area contributed by atoms with E-state index in [2.05, 4.69) is 25.3 Å². The van der Waals surface area contributed by atoms with Gasteiger partial charge in [-0.1, -0.05) is 36.4 Å². The summed E-state index contributed by atoms with van der Waals surface area (Å²) in [4.78, 5) is 41.5. The molecule has 3 heterocycles. The number of aromatic nitrogens is 3. The molecular formula is C25H19N5O3. The van der Waals surface area contributed by atoms with Crippen LogP contribution in [0.15, 0.2) is 84.0 Å². The first-order chi connectivity index (χ1) is 16.2. The number of carbonyl (C=O) groups excluding carboxylic acids is 2. The molecule has 0 bridgehead atoms. The molecule has 0 fully saturated rings. The summed E-state index contributed by atoms with van der Waals surface area (Å²) >= 11 is 0. The van der Waals surface area contributed by atoms with Crippen molar-refractivity contribution in [2.45, 2.75) is 12.8 Å². The Kier molecular flexibility index (Phi) is 5.47. The van der Waals surface area contributed by atoms with Gasteiger partial charge < -0.3 is 9.72 Å². The van der Waals surface area contributed by atoms with Gasteiger partial charge in [-0.3, -0.25) is 19.9 Å². The van der Waals surface area contributed by atoms with Crippen LogP contribution in [0.4, 0.5) is 5.95 Å². The lowest BCUT2D eigenvalue weighted by Crippen LogP contribution is -2.14. The predicted octanol–water partition coefficient (Wildman–Crippen LogP) is 4.93. The fourth-order valence-electron chi connectivity index (χ4n) is 3.49. The molecule has 2 aromatic heterocycles. The van der Waals surface area contributed by atoms with Gasteiger partial charge in [0.2, 0.25) is 11.8 Å². The minimum absolute atomic E-state index is 0.0696. The first kappa shape index (κ1) is 20.3. The van der Waals surface area contributed by atoms with Crippen LogP contribution in [-0.4, -0.2) is 32.4 Å². The highest BCUT2D eigenvalue weighted by Gasteiger charge is 2.18. The number of amides is 1. The van der Waals surface area contributed by atoms with Crippen molar-refractivity contribution in [1.82, 2.24) is 15.0 Å². The number of para-hydroxylation sites is 2. The van der Waals surface area contributed by atoms with Crippen LogP contribution in [0.3, 0.4) is 0 Å². The molecule has 33 heavy (non-hydrogen) atoms. The van der Waals surface area contributed by atoms with E-state index in [0.29, 0.717) is 34.6 Å². The van der Waals surface area contributed by atoms with Gasteiger partial charge in [0.15, 0.2) is 5.78 Å². The molecule has 0 saturated heterocycles. The van der Waals surface area contributed by atoms with Crippen molar-refractivity contribution in [2.75, 3.05) is 5.32 Å². The number of aromatic amines is 1. The third kappa shape index (κ3) is 4.54. The van der Waals surface area contributed by atoms with Crippen molar-refractivity contribution >= 4 is 34.4 Å². The van der Waals surface area contributed by atoms with Gasteiger partial charge in [-0.25, -0.2) is 9.97 Å². The van der Waals surface area contributed by atoms with E-state index >= 15 is 0 Å². The van der Waals surface area contributed by atoms with Crippen LogP contribution >= 0.6 is 0 Å². The molecule has 1 aliphatic rings. The molecule has 1 aliphatic heterocycles. The molecule has 2 N–H and O–H groups in total. The summed E-state index contributed by atoms with van der Waals surface area (Å²) in [6.45, 7) is 0. The first-order valence-electron chi connectivity index (χ1n) is 10.4. The van der Waals surface area contributed by atoms with E-state index < -0.39 is 5.91 Å². The third-order valence-electron chi connectivity index (χ3n) is 5.05. The van der Waals surface area contributed by atoms with E-state index in [4.69, 9.17) is 4.74 Å². The largest absolute Gasteiger partial charge is 0.439 e. The summed E-state index contributed by atoms with van der Waals surface area (Å²) in [5.41, 5.74) is 2.63. The number of Topliss-reactive ketones (excluding diaryl/α,β-unsaturated/α-hetero) is 1. The Balaban J connectivity index is 1.33. The molecule has 0 spiro atoms. The number of fused-ring (bicyclic) bond motifs is 1. The molecule has 4 aromatic rings. The number of ether oxygens (including phenoxy) is 1. The zero-order valence-corrected chi connectivity index (χ0v) is 17.5. The number of ketones is 1. The molecule has 0 aliphatic carbocycles. The van der Waals surface area contributed by atoms with Crippen LogP contribution < -0.4 is 10.1 Å². The summed E-state index contributed by atoms with van der Waals surface area (Å²) in [7, 11) is 0. The number of nitrogens with zero attached hydrogens (tertiary/aromatic N) is 3. The van der Waals surface area contributed by atoms with Crippen molar-refractivity contribution in [3.05, 3.63) is 90.3 Å². The number of rotatable bonds is 7. The molecule has 2 aromatic carbocycles. The van der Waals surface area contributed by atoms with Crippen molar-refractivity contribution in [1.29, 1.82) is 0 Å². The Morgan fingerprint density at radius 3 is 2.64 bits per heavy atom. The fraction of sp³-hybridized carbons (Fsp3) is 0.0800. The van der Waals surface area contributed by atoms with Crippen molar-refractivity contribution < 1.29 is 14.3 Å². The number of anilines is 1. The summed E-state index contributed by atoms with van der Waals surface area (Å²) in [5.74, 6) is 0.630. The number of carbonyl (C=O) groups is 2. The van der Waals surface area contributed by atoms with Gasteiger partial charge >= 0.3 is 0 Å². The Morgan fingerprint density at radius 2 is 1.82 bits per heavy atom.